The first kappa shape index (κ1) is 20.8. The summed E-state index contributed by atoms with van der Waals surface area (Å²) in [6.07, 6.45) is 3.43. The summed E-state index contributed by atoms with van der Waals surface area (Å²) in [6.45, 7) is 4.09. The van der Waals surface area contributed by atoms with Crippen LogP contribution in [0.3, 0.4) is 0 Å². The van der Waals surface area contributed by atoms with Crippen molar-refractivity contribution in [2.45, 2.75) is 26.8 Å². The third-order valence-electron chi connectivity index (χ3n) is 4.27. The Morgan fingerprint density at radius 3 is 2.64 bits per heavy atom. The average molecular weight is 381 g/mol. The Bertz CT molecular complexity index is 893. The van der Waals surface area contributed by atoms with E-state index in [1.54, 1.807) is 36.4 Å². The summed E-state index contributed by atoms with van der Waals surface area (Å²) in [6, 6.07) is 13.4. The first-order chi connectivity index (χ1) is 13.4. The van der Waals surface area contributed by atoms with E-state index >= 15 is 0 Å². The Balaban J connectivity index is 1.95. The van der Waals surface area contributed by atoms with Crippen molar-refractivity contribution in [2.24, 2.45) is 5.92 Å². The molecule has 2 rings (SSSR count). The van der Waals surface area contributed by atoms with Crippen LogP contribution in [0.15, 0.2) is 54.6 Å². The second kappa shape index (κ2) is 10.0. The van der Waals surface area contributed by atoms with Crippen molar-refractivity contribution >= 4 is 29.3 Å². The zero-order valence-electron chi connectivity index (χ0n) is 15.8. The lowest BCUT2D eigenvalue weighted by atomic mass is 10.1. The highest BCUT2D eigenvalue weighted by molar-refractivity contribution is 5.93. The smallest absolute Gasteiger partial charge is 0.276 e. The van der Waals surface area contributed by atoms with Gasteiger partial charge in [0, 0.05) is 30.3 Å². The van der Waals surface area contributed by atoms with Gasteiger partial charge in [0.05, 0.1) is 10.5 Å². The molecule has 1 atom stereocenters. The van der Waals surface area contributed by atoms with Gasteiger partial charge in [0.1, 0.15) is 0 Å². The molecule has 2 aromatic carbocycles. The second-order valence-electron chi connectivity index (χ2n) is 6.37. The van der Waals surface area contributed by atoms with E-state index < -0.39 is 4.92 Å². The third kappa shape index (κ3) is 6.05. The highest BCUT2D eigenvalue weighted by Gasteiger charge is 2.11. The minimum atomic E-state index is -0.489. The number of carbonyl (C=O) groups excluding carboxylic acids is 2. The topological polar surface area (TPSA) is 101 Å². The van der Waals surface area contributed by atoms with Gasteiger partial charge in [-0.15, -0.1) is 0 Å². The highest BCUT2D eigenvalue weighted by Crippen LogP contribution is 2.19. The Labute approximate surface area is 163 Å². The van der Waals surface area contributed by atoms with Crippen LogP contribution in [-0.2, 0) is 16.1 Å². The van der Waals surface area contributed by atoms with Crippen molar-refractivity contribution in [1.82, 2.24) is 5.32 Å². The summed E-state index contributed by atoms with van der Waals surface area (Å²) in [4.78, 5) is 34.5. The molecule has 2 N–H and O–H groups in total. The molecule has 2 amide bonds. The highest BCUT2D eigenvalue weighted by atomic mass is 16.6. The van der Waals surface area contributed by atoms with Crippen LogP contribution in [0.4, 0.5) is 11.4 Å². The third-order valence-corrected chi connectivity index (χ3v) is 4.27. The van der Waals surface area contributed by atoms with E-state index in [1.807, 2.05) is 19.9 Å². The number of hydrogen-bond acceptors (Lipinski definition) is 4. The quantitative estimate of drug-likeness (QED) is 0.411. The molecule has 0 aromatic heterocycles. The molecule has 0 heterocycles. The second-order valence-corrected chi connectivity index (χ2v) is 6.37. The van der Waals surface area contributed by atoms with E-state index in [9.17, 15) is 19.7 Å². The van der Waals surface area contributed by atoms with E-state index in [-0.39, 0.29) is 30.0 Å². The van der Waals surface area contributed by atoms with Crippen LogP contribution in [0.25, 0.3) is 6.08 Å². The maximum atomic E-state index is 12.0. The lowest BCUT2D eigenvalue weighted by molar-refractivity contribution is -0.385. The molecular formula is C21H23N3O4. The predicted octanol–water partition coefficient (Wildman–Crippen LogP) is 3.91. The fraction of sp³-hybridized carbons (Fsp3) is 0.238. The maximum Gasteiger partial charge on any atom is 0.276 e. The first-order valence-electron chi connectivity index (χ1n) is 8.99. The van der Waals surface area contributed by atoms with Gasteiger partial charge < -0.3 is 10.6 Å². The van der Waals surface area contributed by atoms with E-state index in [4.69, 9.17) is 0 Å². The summed E-state index contributed by atoms with van der Waals surface area (Å²) >= 11 is 0. The van der Waals surface area contributed by atoms with Crippen molar-refractivity contribution in [3.63, 3.8) is 0 Å². The van der Waals surface area contributed by atoms with Gasteiger partial charge in [-0.25, -0.2) is 0 Å². The van der Waals surface area contributed by atoms with Crippen molar-refractivity contribution in [3.05, 3.63) is 75.8 Å². The number of nitrogens with zero attached hydrogens (tertiary/aromatic N) is 1. The van der Waals surface area contributed by atoms with E-state index in [0.29, 0.717) is 11.3 Å². The number of rotatable bonds is 8. The van der Waals surface area contributed by atoms with Crippen LogP contribution in [0.5, 0.6) is 0 Å². The Kier molecular flexibility index (Phi) is 7.45. The molecular weight excluding hydrogens is 358 g/mol. The van der Waals surface area contributed by atoms with E-state index in [2.05, 4.69) is 10.6 Å². The lowest BCUT2D eigenvalue weighted by Gasteiger charge is -2.11. The van der Waals surface area contributed by atoms with Gasteiger partial charge in [-0.1, -0.05) is 38.1 Å². The number of amides is 2. The molecule has 2 aromatic rings. The first-order valence-corrected chi connectivity index (χ1v) is 8.99. The van der Waals surface area contributed by atoms with Gasteiger partial charge >= 0.3 is 0 Å². The monoisotopic (exact) mass is 381 g/mol. The number of nitro groups is 1. The fourth-order valence-electron chi connectivity index (χ4n) is 2.42. The molecule has 1 unspecified atom stereocenters. The zero-order valence-corrected chi connectivity index (χ0v) is 15.8. The SMILES string of the molecule is CCC(C)C(=O)Nc1cccc(CNC(=O)/C=C/c2ccccc2[N+](=O)[O-])c1. The molecule has 7 nitrogen and oxygen atoms in total. The number of anilines is 1. The van der Waals surface area contributed by atoms with Crippen molar-refractivity contribution in [3.8, 4) is 0 Å². The maximum absolute atomic E-state index is 12.0. The summed E-state index contributed by atoms with van der Waals surface area (Å²) in [5.74, 6) is -0.487. The van der Waals surface area contributed by atoms with Gasteiger partial charge in [-0.2, -0.15) is 0 Å². The largest absolute Gasteiger partial charge is 0.348 e. The van der Waals surface area contributed by atoms with Crippen molar-refractivity contribution in [1.29, 1.82) is 0 Å². The lowest BCUT2D eigenvalue weighted by Crippen LogP contribution is -2.21. The minimum Gasteiger partial charge on any atom is -0.348 e. The summed E-state index contributed by atoms with van der Waals surface area (Å²) in [5.41, 5.74) is 1.80. The zero-order chi connectivity index (χ0) is 20.5. The molecule has 0 aliphatic heterocycles. The average Bonchev–Trinajstić information content (AvgIpc) is 2.70. The molecule has 0 saturated heterocycles. The van der Waals surface area contributed by atoms with Gasteiger partial charge in [-0.3, -0.25) is 19.7 Å². The number of benzene rings is 2. The Hall–Kier alpha value is -3.48. The van der Waals surface area contributed by atoms with Gasteiger partial charge in [-0.05, 0) is 36.3 Å². The van der Waals surface area contributed by atoms with Crippen LogP contribution in [-0.4, -0.2) is 16.7 Å². The molecule has 0 spiro atoms. The standard InChI is InChI=1S/C21H23N3O4/c1-3-15(2)21(26)23-18-9-6-7-16(13-18)14-22-20(25)12-11-17-8-4-5-10-19(17)24(27)28/h4-13,15H,3,14H2,1-2H3,(H,22,25)(H,23,26)/b12-11+. The molecule has 146 valence electrons. The minimum absolute atomic E-state index is 0.0453. The molecule has 0 fully saturated rings. The Morgan fingerprint density at radius 2 is 1.93 bits per heavy atom. The van der Waals surface area contributed by atoms with Crippen molar-refractivity contribution < 1.29 is 14.5 Å². The van der Waals surface area contributed by atoms with Crippen molar-refractivity contribution in [2.75, 3.05) is 5.32 Å². The summed E-state index contributed by atoms with van der Waals surface area (Å²) in [5, 5.41) is 16.6. The number of nitrogens with one attached hydrogen (secondary N) is 2. The molecule has 0 aliphatic carbocycles. The van der Waals surface area contributed by atoms with Crippen LogP contribution < -0.4 is 10.6 Å². The van der Waals surface area contributed by atoms with Gasteiger partial charge in [0.25, 0.3) is 5.69 Å². The molecule has 7 heteroatoms. The molecule has 0 aliphatic rings. The van der Waals surface area contributed by atoms with Crippen LogP contribution in [0.1, 0.15) is 31.4 Å². The number of carbonyl (C=O) groups is 2. The predicted molar refractivity (Wildman–Crippen MR) is 109 cm³/mol. The summed E-state index contributed by atoms with van der Waals surface area (Å²) in [7, 11) is 0. The number of para-hydroxylation sites is 1. The van der Waals surface area contributed by atoms with E-state index in [0.717, 1.165) is 12.0 Å². The molecule has 0 saturated carbocycles. The summed E-state index contributed by atoms with van der Waals surface area (Å²) < 4.78 is 0. The molecule has 0 bridgehead atoms. The van der Waals surface area contributed by atoms with Gasteiger partial charge in [0.15, 0.2) is 0 Å². The van der Waals surface area contributed by atoms with Crippen LogP contribution in [0, 0.1) is 16.0 Å². The molecule has 0 radical (unpaired) electrons. The van der Waals surface area contributed by atoms with E-state index in [1.165, 1.54) is 18.2 Å². The normalized spacial score (nSPS) is 11.8. The van der Waals surface area contributed by atoms with Crippen LogP contribution >= 0.6 is 0 Å². The Morgan fingerprint density at radius 1 is 1.18 bits per heavy atom. The number of nitro benzene ring substituents is 1. The van der Waals surface area contributed by atoms with Crippen LogP contribution in [0.2, 0.25) is 0 Å². The molecule has 28 heavy (non-hydrogen) atoms. The van der Waals surface area contributed by atoms with Gasteiger partial charge in [0.2, 0.25) is 11.8 Å². The fourth-order valence-corrected chi connectivity index (χ4v) is 2.42. The number of hydrogen-bond donors (Lipinski definition) is 2.